The summed E-state index contributed by atoms with van der Waals surface area (Å²) in [5, 5.41) is 18.4. The molecule has 1 aromatic carbocycles. The predicted octanol–water partition coefficient (Wildman–Crippen LogP) is 2.82. The summed E-state index contributed by atoms with van der Waals surface area (Å²) in [7, 11) is 0. The first-order chi connectivity index (χ1) is 10.3. The van der Waals surface area contributed by atoms with Gasteiger partial charge in [0, 0.05) is 23.3 Å². The third-order valence-electron chi connectivity index (χ3n) is 3.39. The van der Waals surface area contributed by atoms with Gasteiger partial charge in [-0.25, -0.2) is 0 Å². The summed E-state index contributed by atoms with van der Waals surface area (Å²) in [6.07, 6.45) is 3.52. The molecule has 0 bridgehead atoms. The average Bonchev–Trinajstić information content (AvgIpc) is 2.97. The van der Waals surface area contributed by atoms with Crippen molar-refractivity contribution in [2.75, 3.05) is 0 Å². The molecule has 98 valence electrons. The number of rotatable bonds is 1. The number of benzene rings is 1. The molecule has 0 aliphatic rings. The van der Waals surface area contributed by atoms with Crippen molar-refractivity contribution < 1.29 is 0 Å². The Morgan fingerprint density at radius 1 is 1.05 bits per heavy atom. The highest BCUT2D eigenvalue weighted by molar-refractivity contribution is 5.83. The topological polar surface area (TPSA) is 66.9 Å². The lowest BCUT2D eigenvalue weighted by Gasteiger charge is -2.02. The summed E-state index contributed by atoms with van der Waals surface area (Å²) in [5.41, 5.74) is 3.17. The van der Waals surface area contributed by atoms with E-state index in [1.165, 1.54) is 0 Å². The molecule has 0 fully saturated rings. The van der Waals surface area contributed by atoms with Gasteiger partial charge in [-0.2, -0.15) is 5.26 Å². The van der Waals surface area contributed by atoms with Crippen molar-refractivity contribution in [1.82, 2.24) is 19.6 Å². The highest BCUT2D eigenvalue weighted by Crippen LogP contribution is 2.22. The molecule has 0 saturated carbocycles. The first-order valence-corrected chi connectivity index (χ1v) is 6.45. The first-order valence-electron chi connectivity index (χ1n) is 6.45. The van der Waals surface area contributed by atoms with Crippen LogP contribution < -0.4 is 0 Å². The zero-order chi connectivity index (χ0) is 14.2. The number of fused-ring (bicyclic) bond motifs is 2. The number of nitriles is 1. The van der Waals surface area contributed by atoms with Crippen LogP contribution in [-0.4, -0.2) is 19.6 Å². The molecule has 0 unspecified atom stereocenters. The minimum atomic E-state index is 0.575. The third-order valence-corrected chi connectivity index (χ3v) is 3.39. The van der Waals surface area contributed by atoms with E-state index in [0.717, 1.165) is 22.1 Å². The van der Waals surface area contributed by atoms with Crippen LogP contribution in [0.1, 0.15) is 5.56 Å². The summed E-state index contributed by atoms with van der Waals surface area (Å²) in [5.74, 6) is 0.716. The van der Waals surface area contributed by atoms with Gasteiger partial charge in [0.25, 0.3) is 0 Å². The Morgan fingerprint density at radius 3 is 2.90 bits per heavy atom. The maximum Gasteiger partial charge on any atom is 0.168 e. The van der Waals surface area contributed by atoms with E-state index in [1.54, 1.807) is 24.5 Å². The lowest BCUT2D eigenvalue weighted by atomic mass is 10.1. The highest BCUT2D eigenvalue weighted by Gasteiger charge is 2.09. The Balaban J connectivity index is 1.97. The van der Waals surface area contributed by atoms with Crippen LogP contribution in [0.4, 0.5) is 0 Å². The van der Waals surface area contributed by atoms with Crippen LogP contribution >= 0.6 is 0 Å². The molecule has 0 aliphatic carbocycles. The fourth-order valence-electron chi connectivity index (χ4n) is 2.37. The van der Waals surface area contributed by atoms with Crippen molar-refractivity contribution in [3.05, 3.63) is 60.4 Å². The van der Waals surface area contributed by atoms with E-state index in [2.05, 4.69) is 21.3 Å². The van der Waals surface area contributed by atoms with Crippen LogP contribution in [0.2, 0.25) is 0 Å². The Bertz CT molecular complexity index is 1010. The van der Waals surface area contributed by atoms with Crippen LogP contribution in [-0.2, 0) is 0 Å². The molecule has 3 heterocycles. The number of aromatic nitrogens is 4. The van der Waals surface area contributed by atoms with Crippen LogP contribution in [0.5, 0.6) is 0 Å². The molecule has 0 N–H and O–H groups in total. The third kappa shape index (κ3) is 1.82. The fraction of sp³-hybridized carbons (Fsp3) is 0. The van der Waals surface area contributed by atoms with Gasteiger partial charge < -0.3 is 0 Å². The molecular formula is C16H9N5. The maximum atomic E-state index is 9.02. The minimum absolute atomic E-state index is 0.575. The Labute approximate surface area is 120 Å². The standard InChI is InChI=1S/C16H9N5/c17-9-11-3-6-15-19-20-16(21(15)10-11)13-4-5-14-12(8-13)2-1-7-18-14/h1-8,10H. The molecule has 4 rings (SSSR count). The molecule has 0 aliphatic heterocycles. The van der Waals surface area contributed by atoms with Gasteiger partial charge in [-0.3, -0.25) is 9.38 Å². The second-order valence-electron chi connectivity index (χ2n) is 4.69. The van der Waals surface area contributed by atoms with Crippen LogP contribution in [0.25, 0.3) is 27.9 Å². The molecule has 4 aromatic rings. The predicted molar refractivity (Wildman–Crippen MR) is 78.4 cm³/mol. The van der Waals surface area contributed by atoms with Crippen molar-refractivity contribution >= 4 is 16.6 Å². The second kappa shape index (κ2) is 4.39. The number of pyridine rings is 2. The Kier molecular flexibility index (Phi) is 2.42. The lowest BCUT2D eigenvalue weighted by Crippen LogP contribution is -1.91. The van der Waals surface area contributed by atoms with Gasteiger partial charge in [-0.1, -0.05) is 6.07 Å². The van der Waals surface area contributed by atoms with Gasteiger partial charge >= 0.3 is 0 Å². The van der Waals surface area contributed by atoms with E-state index in [1.807, 2.05) is 34.7 Å². The number of nitrogens with zero attached hydrogens (tertiary/aromatic N) is 5. The molecular weight excluding hydrogens is 262 g/mol. The monoisotopic (exact) mass is 271 g/mol. The van der Waals surface area contributed by atoms with E-state index >= 15 is 0 Å². The molecule has 5 nitrogen and oxygen atoms in total. The number of hydrogen-bond donors (Lipinski definition) is 0. The molecule has 0 amide bonds. The maximum absolute atomic E-state index is 9.02. The molecule has 0 radical (unpaired) electrons. The molecule has 0 spiro atoms. The Morgan fingerprint density at radius 2 is 2.00 bits per heavy atom. The van der Waals surface area contributed by atoms with Crippen molar-refractivity contribution in [2.24, 2.45) is 0 Å². The first kappa shape index (κ1) is 11.6. The van der Waals surface area contributed by atoms with Gasteiger partial charge in [-0.15, -0.1) is 10.2 Å². The van der Waals surface area contributed by atoms with E-state index in [4.69, 9.17) is 5.26 Å². The SMILES string of the molecule is N#Cc1ccc2nnc(-c3ccc4ncccc4c3)n2c1. The minimum Gasteiger partial charge on any atom is -0.281 e. The van der Waals surface area contributed by atoms with Crippen molar-refractivity contribution in [3.63, 3.8) is 0 Å². The van der Waals surface area contributed by atoms with E-state index in [9.17, 15) is 0 Å². The van der Waals surface area contributed by atoms with Crippen molar-refractivity contribution in [1.29, 1.82) is 5.26 Å². The van der Waals surface area contributed by atoms with Gasteiger partial charge in [0.15, 0.2) is 11.5 Å². The quantitative estimate of drug-likeness (QED) is 0.534. The lowest BCUT2D eigenvalue weighted by molar-refractivity contribution is 1.11. The van der Waals surface area contributed by atoms with Crippen LogP contribution in [0.15, 0.2) is 54.9 Å². The molecule has 0 atom stereocenters. The van der Waals surface area contributed by atoms with Gasteiger partial charge in [0.1, 0.15) is 6.07 Å². The zero-order valence-electron chi connectivity index (χ0n) is 10.9. The van der Waals surface area contributed by atoms with Crippen molar-refractivity contribution in [2.45, 2.75) is 0 Å². The van der Waals surface area contributed by atoms with Crippen molar-refractivity contribution in [3.8, 4) is 17.5 Å². The number of hydrogen-bond acceptors (Lipinski definition) is 4. The highest BCUT2D eigenvalue weighted by atomic mass is 15.2. The summed E-state index contributed by atoms with van der Waals surface area (Å²) in [6.45, 7) is 0. The smallest absolute Gasteiger partial charge is 0.168 e. The van der Waals surface area contributed by atoms with Crippen LogP contribution in [0, 0.1) is 11.3 Å². The van der Waals surface area contributed by atoms with Crippen LogP contribution in [0.3, 0.4) is 0 Å². The molecule has 21 heavy (non-hydrogen) atoms. The van der Waals surface area contributed by atoms with E-state index < -0.39 is 0 Å². The van der Waals surface area contributed by atoms with E-state index in [0.29, 0.717) is 11.4 Å². The van der Waals surface area contributed by atoms with Gasteiger partial charge in [-0.05, 0) is 36.4 Å². The fourth-order valence-corrected chi connectivity index (χ4v) is 2.37. The summed E-state index contributed by atoms with van der Waals surface area (Å²) >= 11 is 0. The Hall–Kier alpha value is -3.26. The summed E-state index contributed by atoms with van der Waals surface area (Å²) < 4.78 is 1.83. The van der Waals surface area contributed by atoms with Gasteiger partial charge in [0.05, 0.1) is 11.1 Å². The summed E-state index contributed by atoms with van der Waals surface area (Å²) in [6, 6.07) is 15.5. The zero-order valence-corrected chi connectivity index (χ0v) is 10.9. The van der Waals surface area contributed by atoms with E-state index in [-0.39, 0.29) is 0 Å². The average molecular weight is 271 g/mol. The second-order valence-corrected chi connectivity index (χ2v) is 4.69. The molecule has 0 saturated heterocycles. The molecule has 5 heteroatoms. The molecule has 3 aromatic heterocycles. The summed E-state index contributed by atoms with van der Waals surface area (Å²) in [4.78, 5) is 4.31. The largest absolute Gasteiger partial charge is 0.281 e. The normalized spacial score (nSPS) is 10.8. The van der Waals surface area contributed by atoms with Gasteiger partial charge in [0.2, 0.25) is 0 Å².